The minimum Gasteiger partial charge on any atom is -0.379 e. The number of aromatic nitrogens is 1. The van der Waals surface area contributed by atoms with Gasteiger partial charge in [-0.2, -0.15) is 0 Å². The second kappa shape index (κ2) is 10.3. The molecule has 162 valence electrons. The second-order valence-electron chi connectivity index (χ2n) is 7.19. The number of hydrogen-bond acceptors (Lipinski definition) is 7. The molecule has 0 saturated carbocycles. The number of morpholine rings is 1. The topological polar surface area (TPSA) is 96.7 Å². The van der Waals surface area contributed by atoms with Crippen molar-refractivity contribution in [1.29, 1.82) is 0 Å². The number of thiophene rings is 1. The number of anilines is 1. The monoisotopic (exact) mass is 440 g/mol. The Morgan fingerprint density at radius 1 is 1.13 bits per heavy atom. The largest absolute Gasteiger partial charge is 0.379 e. The van der Waals surface area contributed by atoms with Gasteiger partial charge < -0.3 is 19.9 Å². The Morgan fingerprint density at radius 3 is 2.81 bits per heavy atom. The minimum atomic E-state index is -0.313. The molecule has 0 bridgehead atoms. The Kier molecular flexibility index (Phi) is 7.08. The van der Waals surface area contributed by atoms with E-state index >= 15 is 0 Å². The Hall–Kier alpha value is -3.01. The maximum Gasteiger partial charge on any atom is 0.273 e. The maximum atomic E-state index is 12.4. The summed E-state index contributed by atoms with van der Waals surface area (Å²) in [6.07, 6.45) is 0.430. The van der Waals surface area contributed by atoms with Crippen LogP contribution in [0.4, 0.5) is 5.69 Å². The van der Waals surface area contributed by atoms with Gasteiger partial charge in [0.25, 0.3) is 5.91 Å². The molecule has 1 fully saturated rings. The van der Waals surface area contributed by atoms with Crippen LogP contribution in [0.15, 0.2) is 52.4 Å². The fourth-order valence-electron chi connectivity index (χ4n) is 3.26. The highest BCUT2D eigenvalue weighted by molar-refractivity contribution is 7.13. The number of hydrogen-bond donors (Lipinski definition) is 2. The molecule has 0 atom stereocenters. The molecular formula is C22H24N4O4S. The number of ether oxygens (including phenoxy) is 1. The molecule has 1 aromatic carbocycles. The molecule has 2 N–H and O–H groups in total. The van der Waals surface area contributed by atoms with E-state index in [1.807, 2.05) is 41.8 Å². The zero-order valence-corrected chi connectivity index (χ0v) is 17.8. The molecule has 2 aromatic heterocycles. The molecule has 0 spiro atoms. The molecule has 4 rings (SSSR count). The Balaban J connectivity index is 1.26. The second-order valence-corrected chi connectivity index (χ2v) is 8.14. The van der Waals surface area contributed by atoms with Crippen molar-refractivity contribution >= 4 is 28.8 Å². The maximum absolute atomic E-state index is 12.4. The van der Waals surface area contributed by atoms with Gasteiger partial charge in [-0.15, -0.1) is 11.3 Å². The molecular weight excluding hydrogens is 416 g/mol. The van der Waals surface area contributed by atoms with Crippen LogP contribution in [-0.2, 0) is 16.1 Å². The van der Waals surface area contributed by atoms with Gasteiger partial charge in [0.05, 0.1) is 18.1 Å². The van der Waals surface area contributed by atoms with Crippen LogP contribution in [0.25, 0.3) is 10.6 Å². The number of benzene rings is 1. The van der Waals surface area contributed by atoms with E-state index in [1.54, 1.807) is 6.07 Å². The molecule has 1 aliphatic heterocycles. The van der Waals surface area contributed by atoms with Gasteiger partial charge in [-0.25, -0.2) is 0 Å². The van der Waals surface area contributed by atoms with Gasteiger partial charge in [-0.1, -0.05) is 23.4 Å². The first kappa shape index (κ1) is 21.2. The van der Waals surface area contributed by atoms with Crippen LogP contribution in [0.2, 0.25) is 0 Å². The third kappa shape index (κ3) is 6.00. The molecule has 0 radical (unpaired) electrons. The van der Waals surface area contributed by atoms with Crippen LogP contribution in [0.5, 0.6) is 0 Å². The third-order valence-electron chi connectivity index (χ3n) is 4.93. The summed E-state index contributed by atoms with van der Waals surface area (Å²) in [5.74, 6) is 0.227. The van der Waals surface area contributed by atoms with Crippen molar-refractivity contribution in [2.45, 2.75) is 13.0 Å². The van der Waals surface area contributed by atoms with Gasteiger partial charge in [0.2, 0.25) is 5.91 Å². The van der Waals surface area contributed by atoms with E-state index in [0.717, 1.165) is 43.3 Å². The van der Waals surface area contributed by atoms with Crippen LogP contribution in [0.3, 0.4) is 0 Å². The van der Waals surface area contributed by atoms with Crippen molar-refractivity contribution in [2.24, 2.45) is 0 Å². The van der Waals surface area contributed by atoms with Crippen molar-refractivity contribution in [1.82, 2.24) is 15.4 Å². The quantitative estimate of drug-likeness (QED) is 0.559. The number of nitrogens with zero attached hydrogens (tertiary/aromatic N) is 2. The first-order valence-electron chi connectivity index (χ1n) is 10.1. The third-order valence-corrected chi connectivity index (χ3v) is 5.81. The van der Waals surface area contributed by atoms with E-state index in [2.05, 4.69) is 20.7 Å². The zero-order chi connectivity index (χ0) is 21.5. The summed E-state index contributed by atoms with van der Waals surface area (Å²) in [7, 11) is 0. The van der Waals surface area contributed by atoms with Crippen molar-refractivity contribution < 1.29 is 18.8 Å². The van der Waals surface area contributed by atoms with E-state index < -0.39 is 0 Å². The Bertz CT molecular complexity index is 1010. The summed E-state index contributed by atoms with van der Waals surface area (Å²) in [4.78, 5) is 27.8. The normalized spacial score (nSPS) is 14.3. The number of carbonyl (C=O) groups excluding carboxylic acids is 2. The number of nitrogens with one attached hydrogen (secondary N) is 2. The summed E-state index contributed by atoms with van der Waals surface area (Å²) < 4.78 is 10.6. The van der Waals surface area contributed by atoms with Gasteiger partial charge in [0, 0.05) is 44.4 Å². The van der Waals surface area contributed by atoms with Crippen molar-refractivity contribution in [3.05, 3.63) is 59.1 Å². The first-order chi connectivity index (χ1) is 15.2. The lowest BCUT2D eigenvalue weighted by atomic mass is 10.2. The van der Waals surface area contributed by atoms with Crippen LogP contribution in [0.1, 0.15) is 22.5 Å². The lowest BCUT2D eigenvalue weighted by Gasteiger charge is -2.26. The summed E-state index contributed by atoms with van der Waals surface area (Å²) >= 11 is 1.52. The molecule has 9 heteroatoms. The van der Waals surface area contributed by atoms with Gasteiger partial charge in [-0.3, -0.25) is 14.5 Å². The van der Waals surface area contributed by atoms with Crippen LogP contribution >= 0.6 is 11.3 Å². The fraction of sp³-hybridized carbons (Fsp3) is 0.318. The molecule has 0 unspecified atom stereocenters. The zero-order valence-electron chi connectivity index (χ0n) is 17.0. The number of rotatable bonds is 8. The van der Waals surface area contributed by atoms with Crippen molar-refractivity contribution in [3.63, 3.8) is 0 Å². The van der Waals surface area contributed by atoms with Gasteiger partial charge in [0.15, 0.2) is 11.5 Å². The Morgan fingerprint density at radius 2 is 2.00 bits per heavy atom. The van der Waals surface area contributed by atoms with Crippen molar-refractivity contribution in [2.75, 3.05) is 38.2 Å². The smallest absolute Gasteiger partial charge is 0.273 e. The van der Waals surface area contributed by atoms with Crippen LogP contribution in [0, 0.1) is 0 Å². The highest BCUT2D eigenvalue weighted by Gasteiger charge is 2.15. The van der Waals surface area contributed by atoms with Crippen LogP contribution < -0.4 is 10.6 Å². The SMILES string of the molecule is O=C(CCN1CCOCC1)Nc1cccc(CNC(=O)c2cc(-c3cccs3)on2)c1. The highest BCUT2D eigenvalue weighted by atomic mass is 32.1. The predicted octanol–water partition coefficient (Wildman–Crippen LogP) is 2.99. The lowest BCUT2D eigenvalue weighted by molar-refractivity contribution is -0.116. The number of carbonyl (C=O) groups is 2. The molecule has 3 aromatic rings. The van der Waals surface area contributed by atoms with Crippen LogP contribution in [-0.4, -0.2) is 54.7 Å². The van der Waals surface area contributed by atoms with Gasteiger partial charge >= 0.3 is 0 Å². The first-order valence-corrected chi connectivity index (χ1v) is 11.0. The standard InChI is InChI=1S/C22H24N4O4S/c27-21(6-7-26-8-10-29-11-9-26)24-17-4-1-3-16(13-17)15-23-22(28)18-14-19(30-25-18)20-5-2-12-31-20/h1-5,12-14H,6-11,15H2,(H,23,28)(H,24,27). The van der Waals surface area contributed by atoms with Crippen molar-refractivity contribution in [3.8, 4) is 10.6 Å². The van der Waals surface area contributed by atoms with E-state index in [1.165, 1.54) is 11.3 Å². The Labute approximate surface area is 184 Å². The fourth-order valence-corrected chi connectivity index (χ4v) is 3.93. The molecule has 1 saturated heterocycles. The van der Waals surface area contributed by atoms with E-state index in [9.17, 15) is 9.59 Å². The molecule has 2 amide bonds. The summed E-state index contributed by atoms with van der Waals surface area (Å²) in [6.45, 7) is 4.21. The number of amides is 2. The average molecular weight is 441 g/mol. The predicted molar refractivity (Wildman–Crippen MR) is 118 cm³/mol. The molecule has 1 aliphatic rings. The minimum absolute atomic E-state index is 0.0311. The average Bonchev–Trinajstić information content (AvgIpc) is 3.49. The summed E-state index contributed by atoms with van der Waals surface area (Å²) in [5, 5.41) is 11.5. The summed E-state index contributed by atoms with van der Waals surface area (Å²) in [6, 6.07) is 12.9. The van der Waals surface area contributed by atoms with Gasteiger partial charge in [0.1, 0.15) is 0 Å². The highest BCUT2D eigenvalue weighted by Crippen LogP contribution is 2.25. The molecule has 3 heterocycles. The lowest BCUT2D eigenvalue weighted by Crippen LogP contribution is -2.38. The molecule has 0 aliphatic carbocycles. The van der Waals surface area contributed by atoms with E-state index in [4.69, 9.17) is 9.26 Å². The van der Waals surface area contributed by atoms with Gasteiger partial charge in [-0.05, 0) is 29.1 Å². The van der Waals surface area contributed by atoms with E-state index in [-0.39, 0.29) is 17.5 Å². The molecule has 31 heavy (non-hydrogen) atoms. The summed E-state index contributed by atoms with van der Waals surface area (Å²) in [5.41, 5.74) is 1.82. The van der Waals surface area contributed by atoms with E-state index in [0.29, 0.717) is 24.4 Å². The molecule has 8 nitrogen and oxygen atoms in total.